The quantitative estimate of drug-likeness (QED) is 0.771. The molecule has 1 aromatic carbocycles. The Kier molecular flexibility index (Phi) is 4.90. The third kappa shape index (κ3) is 3.18. The predicted molar refractivity (Wildman–Crippen MR) is 77.6 cm³/mol. The molecule has 1 unspecified atom stereocenters. The van der Waals surface area contributed by atoms with Gasteiger partial charge in [-0.3, -0.25) is 0 Å². The Morgan fingerprint density at radius 2 is 2.28 bits per heavy atom. The molecule has 1 heterocycles. The Hall–Kier alpha value is -0.730. The van der Waals surface area contributed by atoms with Crippen molar-refractivity contribution in [1.82, 2.24) is 0 Å². The monoisotopic (exact) mass is 267 g/mol. The molecule has 1 fully saturated rings. The van der Waals surface area contributed by atoms with E-state index in [2.05, 4.69) is 36.9 Å². The Bertz CT molecular complexity index is 392. The van der Waals surface area contributed by atoms with E-state index in [0.29, 0.717) is 12.0 Å². The highest BCUT2D eigenvalue weighted by molar-refractivity contribution is 6.17. The van der Waals surface area contributed by atoms with Gasteiger partial charge in [0.1, 0.15) is 0 Å². The lowest BCUT2D eigenvalue weighted by atomic mass is 10.0. The van der Waals surface area contributed by atoms with Gasteiger partial charge >= 0.3 is 0 Å². The van der Waals surface area contributed by atoms with Crippen LogP contribution in [0.3, 0.4) is 0 Å². The highest BCUT2D eigenvalue weighted by atomic mass is 35.5. The molecule has 0 aliphatic carbocycles. The summed E-state index contributed by atoms with van der Waals surface area (Å²) >= 11 is 6.06. The number of benzene rings is 1. The van der Waals surface area contributed by atoms with Gasteiger partial charge < -0.3 is 9.64 Å². The molecule has 18 heavy (non-hydrogen) atoms. The van der Waals surface area contributed by atoms with Gasteiger partial charge in [0.15, 0.2) is 0 Å². The minimum Gasteiger partial charge on any atom is -0.377 e. The van der Waals surface area contributed by atoms with Crippen molar-refractivity contribution < 1.29 is 4.74 Å². The minimum absolute atomic E-state index is 0.369. The van der Waals surface area contributed by atoms with Crippen molar-refractivity contribution in [2.45, 2.75) is 38.7 Å². The zero-order valence-electron chi connectivity index (χ0n) is 11.3. The third-order valence-electron chi connectivity index (χ3n) is 3.50. The molecular formula is C15H22ClNO. The first-order valence-corrected chi connectivity index (χ1v) is 7.30. The fraction of sp³-hybridized carbons (Fsp3) is 0.600. The second-order valence-electron chi connectivity index (χ2n) is 4.93. The first-order valence-electron chi connectivity index (χ1n) is 6.76. The Balaban J connectivity index is 2.15. The second kappa shape index (κ2) is 6.44. The average Bonchev–Trinajstić information content (AvgIpc) is 2.39. The number of piperidine rings is 1. The maximum absolute atomic E-state index is 6.06. The van der Waals surface area contributed by atoms with Gasteiger partial charge in [0.25, 0.3) is 0 Å². The minimum atomic E-state index is 0.369. The topological polar surface area (TPSA) is 12.5 Å². The molecule has 2 rings (SSSR count). The zero-order valence-corrected chi connectivity index (χ0v) is 12.0. The number of alkyl halides is 1. The summed E-state index contributed by atoms with van der Waals surface area (Å²) in [5.41, 5.74) is 3.78. The number of anilines is 1. The summed E-state index contributed by atoms with van der Waals surface area (Å²) in [6, 6.07) is 6.55. The van der Waals surface area contributed by atoms with Crippen molar-refractivity contribution in [2.24, 2.45) is 0 Å². The van der Waals surface area contributed by atoms with E-state index in [9.17, 15) is 0 Å². The molecule has 0 amide bonds. The van der Waals surface area contributed by atoms with E-state index < -0.39 is 0 Å². The van der Waals surface area contributed by atoms with E-state index in [1.54, 1.807) is 0 Å². The molecule has 1 aliphatic heterocycles. The molecule has 0 aromatic heterocycles. The van der Waals surface area contributed by atoms with Gasteiger partial charge in [0, 0.05) is 31.3 Å². The summed E-state index contributed by atoms with van der Waals surface area (Å²) in [7, 11) is 0. The summed E-state index contributed by atoms with van der Waals surface area (Å²) in [6.07, 6.45) is 2.74. The lowest BCUT2D eigenvalue weighted by molar-refractivity contribution is 0.0526. The lowest BCUT2D eigenvalue weighted by Gasteiger charge is -2.35. The first-order chi connectivity index (χ1) is 8.74. The second-order valence-corrected chi connectivity index (χ2v) is 5.20. The van der Waals surface area contributed by atoms with Crippen LogP contribution in [0.1, 0.15) is 30.9 Å². The summed E-state index contributed by atoms with van der Waals surface area (Å²) < 4.78 is 5.76. The van der Waals surface area contributed by atoms with Crippen LogP contribution in [0.4, 0.5) is 5.69 Å². The lowest BCUT2D eigenvalue weighted by Crippen LogP contribution is -2.40. The van der Waals surface area contributed by atoms with Gasteiger partial charge in [-0.2, -0.15) is 0 Å². The number of ether oxygens (including phenoxy) is 1. The Morgan fingerprint density at radius 3 is 3.00 bits per heavy atom. The van der Waals surface area contributed by atoms with E-state index in [-0.39, 0.29) is 0 Å². The van der Waals surface area contributed by atoms with E-state index in [0.717, 1.165) is 19.7 Å². The van der Waals surface area contributed by atoms with Crippen LogP contribution in [0.25, 0.3) is 0 Å². The van der Waals surface area contributed by atoms with Crippen LogP contribution in [-0.2, 0) is 10.6 Å². The highest BCUT2D eigenvalue weighted by Crippen LogP contribution is 2.27. The molecule has 3 heteroatoms. The molecule has 1 aromatic rings. The standard InChI is InChI=1S/C15H22ClNO/c1-3-18-14-5-4-8-17(11-14)15-7-6-12(2)9-13(15)10-16/h6-7,9,14H,3-5,8,10-11H2,1-2H3. The van der Waals surface area contributed by atoms with Crippen molar-refractivity contribution in [2.75, 3.05) is 24.6 Å². The Labute approximate surface area is 115 Å². The zero-order chi connectivity index (χ0) is 13.0. The van der Waals surface area contributed by atoms with Crippen molar-refractivity contribution in [1.29, 1.82) is 0 Å². The van der Waals surface area contributed by atoms with Crippen molar-refractivity contribution in [3.05, 3.63) is 29.3 Å². The van der Waals surface area contributed by atoms with Gasteiger partial charge in [-0.1, -0.05) is 17.7 Å². The molecule has 0 radical (unpaired) electrons. The number of hydrogen-bond donors (Lipinski definition) is 0. The number of halogens is 1. The predicted octanol–water partition coefficient (Wildman–Crippen LogP) is 3.74. The smallest absolute Gasteiger partial charge is 0.0750 e. The van der Waals surface area contributed by atoms with E-state index in [1.807, 2.05) is 0 Å². The van der Waals surface area contributed by atoms with Crippen molar-refractivity contribution in [3.8, 4) is 0 Å². The third-order valence-corrected chi connectivity index (χ3v) is 3.79. The molecule has 100 valence electrons. The molecule has 2 nitrogen and oxygen atoms in total. The van der Waals surface area contributed by atoms with Crippen molar-refractivity contribution in [3.63, 3.8) is 0 Å². The first kappa shape index (κ1) is 13.7. The van der Waals surface area contributed by atoms with E-state index in [4.69, 9.17) is 16.3 Å². The summed E-state index contributed by atoms with van der Waals surface area (Å²) in [6.45, 7) is 7.07. The van der Waals surface area contributed by atoms with Crippen LogP contribution in [0, 0.1) is 6.92 Å². The van der Waals surface area contributed by atoms with Crippen LogP contribution in [0.2, 0.25) is 0 Å². The summed E-state index contributed by atoms with van der Waals surface area (Å²) in [4.78, 5) is 2.42. The molecule has 0 saturated carbocycles. The molecule has 0 spiro atoms. The van der Waals surface area contributed by atoms with Crippen LogP contribution >= 0.6 is 11.6 Å². The molecule has 0 N–H and O–H groups in total. The van der Waals surface area contributed by atoms with E-state index in [1.165, 1.54) is 29.7 Å². The largest absolute Gasteiger partial charge is 0.377 e. The van der Waals surface area contributed by atoms with Crippen LogP contribution in [0.15, 0.2) is 18.2 Å². The SMILES string of the molecule is CCOC1CCCN(c2ccc(C)cc2CCl)C1. The molecule has 1 atom stereocenters. The summed E-state index contributed by atoms with van der Waals surface area (Å²) in [5, 5.41) is 0. The van der Waals surface area contributed by atoms with Gasteiger partial charge in [-0.25, -0.2) is 0 Å². The van der Waals surface area contributed by atoms with Gasteiger partial charge in [-0.15, -0.1) is 11.6 Å². The fourth-order valence-corrected chi connectivity index (χ4v) is 2.87. The average molecular weight is 268 g/mol. The number of nitrogens with zero attached hydrogens (tertiary/aromatic N) is 1. The van der Waals surface area contributed by atoms with E-state index >= 15 is 0 Å². The maximum Gasteiger partial charge on any atom is 0.0750 e. The van der Waals surface area contributed by atoms with Crippen LogP contribution < -0.4 is 4.90 Å². The normalized spacial score (nSPS) is 20.2. The highest BCUT2D eigenvalue weighted by Gasteiger charge is 2.21. The van der Waals surface area contributed by atoms with Crippen LogP contribution in [-0.4, -0.2) is 25.8 Å². The number of rotatable bonds is 4. The van der Waals surface area contributed by atoms with Crippen LogP contribution in [0.5, 0.6) is 0 Å². The molecule has 1 aliphatic rings. The summed E-state index contributed by atoms with van der Waals surface area (Å²) in [5.74, 6) is 0.576. The van der Waals surface area contributed by atoms with Crippen molar-refractivity contribution >= 4 is 17.3 Å². The van der Waals surface area contributed by atoms with Gasteiger partial charge in [0.2, 0.25) is 0 Å². The molecular weight excluding hydrogens is 246 g/mol. The fourth-order valence-electron chi connectivity index (χ4n) is 2.66. The molecule has 0 bridgehead atoms. The number of hydrogen-bond acceptors (Lipinski definition) is 2. The van der Waals surface area contributed by atoms with Gasteiger partial charge in [0.05, 0.1) is 6.10 Å². The molecule has 1 saturated heterocycles. The Morgan fingerprint density at radius 1 is 1.44 bits per heavy atom. The maximum atomic E-state index is 6.06. The number of aryl methyl sites for hydroxylation is 1. The van der Waals surface area contributed by atoms with Gasteiger partial charge in [-0.05, 0) is 38.3 Å².